The third-order valence-electron chi connectivity index (χ3n) is 6.44. The molecule has 0 bridgehead atoms. The van der Waals surface area contributed by atoms with Gasteiger partial charge in [0.25, 0.3) is 0 Å². The molecule has 2 aliphatic heterocycles. The van der Waals surface area contributed by atoms with Crippen LogP contribution >= 0.6 is 0 Å². The molecule has 1 aliphatic carbocycles. The number of nitrogens with one attached hydrogen (secondary N) is 1. The van der Waals surface area contributed by atoms with Crippen molar-refractivity contribution in [3.05, 3.63) is 29.8 Å². The molecule has 2 saturated heterocycles. The summed E-state index contributed by atoms with van der Waals surface area (Å²) in [6.07, 6.45) is 8.77. The first-order chi connectivity index (χ1) is 13.2. The molecule has 0 spiro atoms. The van der Waals surface area contributed by atoms with Gasteiger partial charge < -0.3 is 15.1 Å². The summed E-state index contributed by atoms with van der Waals surface area (Å²) in [6, 6.07) is 8.75. The standard InChI is InChI=1S/C22H31N3O2/c26-21-14-18(16-25(21)19-9-3-4-10-19)22(27)23-15-17-8-2-5-11-20(17)24-12-6-1-7-13-24/h2,5,8,11,18-19H,1,3-4,6-7,9-10,12-16H2,(H,23,27). The van der Waals surface area contributed by atoms with Crippen LogP contribution in [0.5, 0.6) is 0 Å². The van der Waals surface area contributed by atoms with Gasteiger partial charge in [0.1, 0.15) is 0 Å². The van der Waals surface area contributed by atoms with Gasteiger partial charge >= 0.3 is 0 Å². The number of anilines is 1. The van der Waals surface area contributed by atoms with E-state index in [-0.39, 0.29) is 17.7 Å². The average molecular weight is 370 g/mol. The van der Waals surface area contributed by atoms with Crippen molar-refractivity contribution in [2.75, 3.05) is 24.5 Å². The minimum Gasteiger partial charge on any atom is -0.371 e. The molecule has 5 heteroatoms. The fraction of sp³-hybridized carbons (Fsp3) is 0.636. The van der Waals surface area contributed by atoms with Gasteiger partial charge in [0, 0.05) is 44.3 Å². The minimum atomic E-state index is -0.194. The van der Waals surface area contributed by atoms with E-state index in [1.807, 2.05) is 11.0 Å². The number of likely N-dealkylation sites (tertiary alicyclic amines) is 1. The lowest BCUT2D eigenvalue weighted by atomic mass is 10.1. The van der Waals surface area contributed by atoms with Gasteiger partial charge in [0.05, 0.1) is 5.92 Å². The number of carbonyl (C=O) groups excluding carboxylic acids is 2. The minimum absolute atomic E-state index is 0.0253. The topological polar surface area (TPSA) is 52.7 Å². The van der Waals surface area contributed by atoms with Crippen LogP contribution in [0.15, 0.2) is 24.3 Å². The molecule has 0 aromatic heterocycles. The van der Waals surface area contributed by atoms with E-state index in [0.717, 1.165) is 25.9 Å². The lowest BCUT2D eigenvalue weighted by molar-refractivity contribution is -0.130. The Bertz CT molecular complexity index is 678. The molecule has 1 aromatic rings. The first-order valence-electron chi connectivity index (χ1n) is 10.6. The van der Waals surface area contributed by atoms with Crippen molar-refractivity contribution in [2.24, 2.45) is 5.92 Å². The van der Waals surface area contributed by atoms with Gasteiger partial charge in [-0.2, -0.15) is 0 Å². The normalized spacial score (nSPS) is 23.9. The summed E-state index contributed by atoms with van der Waals surface area (Å²) < 4.78 is 0. The van der Waals surface area contributed by atoms with Gasteiger partial charge in [-0.3, -0.25) is 9.59 Å². The molecule has 5 nitrogen and oxygen atoms in total. The van der Waals surface area contributed by atoms with Crippen LogP contribution in [0.3, 0.4) is 0 Å². The maximum absolute atomic E-state index is 12.7. The Hall–Kier alpha value is -2.04. The van der Waals surface area contributed by atoms with Gasteiger partial charge in [-0.05, 0) is 43.7 Å². The fourth-order valence-corrected chi connectivity index (χ4v) is 4.91. The van der Waals surface area contributed by atoms with Crippen LogP contribution < -0.4 is 10.2 Å². The van der Waals surface area contributed by atoms with E-state index < -0.39 is 0 Å². The summed E-state index contributed by atoms with van der Waals surface area (Å²) in [4.78, 5) is 29.5. The van der Waals surface area contributed by atoms with Crippen LogP contribution in [0.25, 0.3) is 0 Å². The lowest BCUT2D eigenvalue weighted by Gasteiger charge is -2.30. The number of carbonyl (C=O) groups is 2. The molecule has 4 rings (SSSR count). The second-order valence-corrected chi connectivity index (χ2v) is 8.28. The van der Waals surface area contributed by atoms with E-state index in [9.17, 15) is 9.59 Å². The van der Waals surface area contributed by atoms with Crippen LogP contribution in [-0.4, -0.2) is 42.4 Å². The molecule has 1 unspecified atom stereocenters. The second kappa shape index (κ2) is 8.32. The van der Waals surface area contributed by atoms with Gasteiger partial charge in [0.2, 0.25) is 11.8 Å². The Morgan fingerprint density at radius 3 is 2.56 bits per heavy atom. The van der Waals surface area contributed by atoms with Crippen LogP contribution in [0, 0.1) is 5.92 Å². The first kappa shape index (κ1) is 18.3. The zero-order valence-electron chi connectivity index (χ0n) is 16.2. The molecule has 2 amide bonds. The molecule has 27 heavy (non-hydrogen) atoms. The van der Waals surface area contributed by atoms with Gasteiger partial charge in [-0.15, -0.1) is 0 Å². The van der Waals surface area contributed by atoms with Gasteiger partial charge in [-0.25, -0.2) is 0 Å². The quantitative estimate of drug-likeness (QED) is 0.868. The molecular weight excluding hydrogens is 338 g/mol. The Labute approximate surface area is 162 Å². The highest BCUT2D eigenvalue weighted by Crippen LogP contribution is 2.30. The first-order valence-corrected chi connectivity index (χ1v) is 10.6. The molecule has 1 aromatic carbocycles. The number of piperidine rings is 1. The van der Waals surface area contributed by atoms with Gasteiger partial charge in [-0.1, -0.05) is 31.0 Å². The monoisotopic (exact) mass is 369 g/mol. The molecule has 3 aliphatic rings. The summed E-state index contributed by atoms with van der Waals surface area (Å²) in [5.74, 6) is -0.00619. The van der Waals surface area contributed by atoms with Crippen molar-refractivity contribution in [1.82, 2.24) is 10.2 Å². The van der Waals surface area contributed by atoms with Crippen molar-refractivity contribution in [2.45, 2.75) is 64.0 Å². The molecule has 3 fully saturated rings. The fourth-order valence-electron chi connectivity index (χ4n) is 4.91. The van der Waals surface area contributed by atoms with Crippen molar-refractivity contribution >= 4 is 17.5 Å². The molecule has 1 atom stereocenters. The number of benzene rings is 1. The Kier molecular flexibility index (Phi) is 5.65. The molecule has 0 radical (unpaired) electrons. The third-order valence-corrected chi connectivity index (χ3v) is 6.44. The zero-order valence-corrected chi connectivity index (χ0v) is 16.2. The van der Waals surface area contributed by atoms with Crippen LogP contribution in [0.4, 0.5) is 5.69 Å². The van der Waals surface area contributed by atoms with E-state index in [4.69, 9.17) is 0 Å². The third kappa shape index (κ3) is 4.12. The van der Waals surface area contributed by atoms with Gasteiger partial charge in [0.15, 0.2) is 0 Å². The van der Waals surface area contributed by atoms with Crippen LogP contribution in [0.2, 0.25) is 0 Å². The number of nitrogens with zero attached hydrogens (tertiary/aromatic N) is 2. The average Bonchev–Trinajstić information content (AvgIpc) is 3.36. The highest BCUT2D eigenvalue weighted by atomic mass is 16.2. The summed E-state index contributed by atoms with van der Waals surface area (Å²) in [5, 5.41) is 3.11. The van der Waals surface area contributed by atoms with Crippen molar-refractivity contribution in [1.29, 1.82) is 0 Å². The maximum atomic E-state index is 12.7. The Balaban J connectivity index is 1.35. The molecule has 1 saturated carbocycles. The summed E-state index contributed by atoms with van der Waals surface area (Å²) >= 11 is 0. The molecule has 1 N–H and O–H groups in total. The number of hydrogen-bond acceptors (Lipinski definition) is 3. The zero-order chi connectivity index (χ0) is 18.6. The Morgan fingerprint density at radius 2 is 1.78 bits per heavy atom. The number of rotatable bonds is 5. The predicted octanol–water partition coefficient (Wildman–Crippen LogP) is 3.08. The van der Waals surface area contributed by atoms with E-state index in [0.29, 0.717) is 25.6 Å². The summed E-state index contributed by atoms with van der Waals surface area (Å²) in [5.41, 5.74) is 2.41. The maximum Gasteiger partial charge on any atom is 0.225 e. The largest absolute Gasteiger partial charge is 0.371 e. The number of para-hydroxylation sites is 1. The van der Waals surface area contributed by atoms with Crippen LogP contribution in [-0.2, 0) is 16.1 Å². The SMILES string of the molecule is O=C(NCc1ccccc1N1CCCCC1)C1CC(=O)N(C2CCCC2)C1. The van der Waals surface area contributed by atoms with E-state index in [1.54, 1.807) is 0 Å². The lowest BCUT2D eigenvalue weighted by Crippen LogP contribution is -2.37. The second-order valence-electron chi connectivity index (χ2n) is 8.28. The van der Waals surface area contributed by atoms with E-state index in [1.165, 1.54) is 43.4 Å². The predicted molar refractivity (Wildman–Crippen MR) is 106 cm³/mol. The summed E-state index contributed by atoms with van der Waals surface area (Å²) in [7, 11) is 0. The van der Waals surface area contributed by atoms with Crippen molar-refractivity contribution in [3.63, 3.8) is 0 Å². The summed E-state index contributed by atoms with van der Waals surface area (Å²) in [6.45, 7) is 3.33. The van der Waals surface area contributed by atoms with Crippen LogP contribution in [0.1, 0.15) is 56.9 Å². The van der Waals surface area contributed by atoms with E-state index in [2.05, 4.69) is 28.4 Å². The highest BCUT2D eigenvalue weighted by Gasteiger charge is 2.38. The molecular formula is C22H31N3O2. The van der Waals surface area contributed by atoms with Crippen molar-refractivity contribution < 1.29 is 9.59 Å². The van der Waals surface area contributed by atoms with Crippen molar-refractivity contribution in [3.8, 4) is 0 Å². The van der Waals surface area contributed by atoms with E-state index >= 15 is 0 Å². The highest BCUT2D eigenvalue weighted by molar-refractivity contribution is 5.89. The smallest absolute Gasteiger partial charge is 0.225 e. The Morgan fingerprint density at radius 1 is 1.04 bits per heavy atom. The number of amides is 2. The molecule has 146 valence electrons. The molecule has 2 heterocycles. The number of hydrogen-bond donors (Lipinski definition) is 1.